The van der Waals surface area contributed by atoms with Gasteiger partial charge in [0.2, 0.25) is 5.41 Å². The Labute approximate surface area is 296 Å². The molecule has 4 rings (SSSR count). The number of ether oxygens (including phenoxy) is 5. The molecule has 0 aliphatic rings. The third-order valence-corrected chi connectivity index (χ3v) is 7.66. The minimum absolute atomic E-state index is 0.0116. The first-order valence-electron chi connectivity index (χ1n) is 15.9. The van der Waals surface area contributed by atoms with Gasteiger partial charge in [0.05, 0.1) is 38.0 Å². The van der Waals surface area contributed by atoms with Crippen molar-refractivity contribution in [3.8, 4) is 16.9 Å². The first-order valence-corrected chi connectivity index (χ1v) is 15.9. The van der Waals surface area contributed by atoms with Crippen molar-refractivity contribution in [2.45, 2.75) is 31.9 Å². The van der Waals surface area contributed by atoms with Crippen molar-refractivity contribution < 1.29 is 60.8 Å². The summed E-state index contributed by atoms with van der Waals surface area (Å²) < 4.78 is 65.1. The largest absolute Gasteiger partial charge is 0.513 e. The van der Waals surface area contributed by atoms with E-state index in [9.17, 15) is 37.1 Å². The molecule has 4 aromatic rings. The predicted octanol–water partition coefficient (Wildman–Crippen LogP) is 6.92. The number of halogens is 3. The monoisotopic (exact) mass is 721 g/mol. The fraction of sp³-hybridized carbons (Fsp3) is 0.237. The van der Waals surface area contributed by atoms with Gasteiger partial charge in [-0.1, -0.05) is 66.7 Å². The van der Waals surface area contributed by atoms with Gasteiger partial charge in [0, 0.05) is 5.56 Å². The zero-order valence-electron chi connectivity index (χ0n) is 28.3. The number of carbonyl (C=O) groups is 5. The molecule has 0 heterocycles. The van der Waals surface area contributed by atoms with Crippen LogP contribution in [0.5, 0.6) is 5.75 Å². The lowest BCUT2D eigenvalue weighted by Gasteiger charge is -2.29. The molecule has 272 valence electrons. The summed E-state index contributed by atoms with van der Waals surface area (Å²) in [7, 11) is 1.06. The summed E-state index contributed by atoms with van der Waals surface area (Å²) in [4.78, 5) is 65.3. The fourth-order valence-corrected chi connectivity index (χ4v) is 5.12. The highest BCUT2D eigenvalue weighted by Gasteiger charge is 2.52. The molecule has 4 aromatic carbocycles. The van der Waals surface area contributed by atoms with Gasteiger partial charge in [-0.05, 0) is 66.4 Å². The third kappa shape index (κ3) is 9.13. The van der Waals surface area contributed by atoms with Crippen LogP contribution in [0, 0.1) is 0 Å². The number of benzene rings is 4. The molecule has 0 aromatic heterocycles. The standard InChI is InChI=1S/C38H34F3NO10/c1-4-49-34(45)37(35(46)50-5-2,26-11-7-6-8-12-26)23-51-32(43)22-24-15-20-30(31(21-24)52-36(47)48-3)42-33(44)29-14-10-9-13-28(29)25-16-18-27(19-17-25)38(39,40)41/h6-21H,4-5,22-23H2,1-3H3,(H,42,44). The molecule has 0 bridgehead atoms. The van der Waals surface area contributed by atoms with E-state index in [2.05, 4.69) is 10.1 Å². The van der Waals surface area contributed by atoms with Gasteiger partial charge >= 0.3 is 30.2 Å². The van der Waals surface area contributed by atoms with E-state index in [4.69, 9.17) is 18.9 Å². The smallest absolute Gasteiger partial charge is 0.465 e. The Morgan fingerprint density at radius 3 is 1.92 bits per heavy atom. The number of hydrogen-bond donors (Lipinski definition) is 1. The predicted molar refractivity (Wildman–Crippen MR) is 180 cm³/mol. The first kappa shape index (κ1) is 38.6. The maximum absolute atomic E-state index is 13.5. The zero-order valence-corrected chi connectivity index (χ0v) is 28.3. The maximum atomic E-state index is 13.5. The molecule has 0 atom stereocenters. The SMILES string of the molecule is CCOC(=O)C(COC(=O)Cc1ccc(NC(=O)c2ccccc2-c2ccc(C(F)(F)F)cc2)c(OC(=O)OC)c1)(C(=O)OCC)c1ccccc1. The van der Waals surface area contributed by atoms with Crippen LogP contribution in [0.3, 0.4) is 0 Å². The van der Waals surface area contributed by atoms with E-state index in [0.717, 1.165) is 19.2 Å². The first-order chi connectivity index (χ1) is 24.8. The van der Waals surface area contributed by atoms with Gasteiger partial charge in [0.1, 0.15) is 6.61 Å². The quantitative estimate of drug-likeness (QED) is 0.0669. The lowest BCUT2D eigenvalue weighted by atomic mass is 9.81. The number of nitrogens with one attached hydrogen (secondary N) is 1. The Kier molecular flexibility index (Phi) is 12.7. The topological polar surface area (TPSA) is 144 Å². The van der Waals surface area contributed by atoms with Gasteiger partial charge in [-0.25, -0.2) is 4.79 Å². The van der Waals surface area contributed by atoms with Gasteiger partial charge in [-0.2, -0.15) is 13.2 Å². The number of anilines is 1. The van der Waals surface area contributed by atoms with Crippen LogP contribution in [-0.2, 0) is 51.3 Å². The normalized spacial score (nSPS) is 11.2. The van der Waals surface area contributed by atoms with Crippen LogP contribution in [0.2, 0.25) is 0 Å². The summed E-state index contributed by atoms with van der Waals surface area (Å²) in [6.45, 7) is 2.25. The highest BCUT2D eigenvalue weighted by atomic mass is 19.4. The van der Waals surface area contributed by atoms with E-state index < -0.39 is 60.2 Å². The van der Waals surface area contributed by atoms with Gasteiger partial charge in [-0.15, -0.1) is 0 Å². The Bertz CT molecular complexity index is 1890. The van der Waals surface area contributed by atoms with Crippen LogP contribution < -0.4 is 10.1 Å². The molecule has 0 unspecified atom stereocenters. The molecule has 0 saturated heterocycles. The van der Waals surface area contributed by atoms with Gasteiger partial charge in [-0.3, -0.25) is 19.2 Å². The van der Waals surface area contributed by atoms with Crippen LogP contribution >= 0.6 is 0 Å². The number of hydrogen-bond acceptors (Lipinski definition) is 10. The number of esters is 3. The maximum Gasteiger partial charge on any atom is 0.513 e. The molecular weight excluding hydrogens is 687 g/mol. The van der Waals surface area contributed by atoms with Gasteiger partial charge < -0.3 is 29.0 Å². The minimum Gasteiger partial charge on any atom is -0.465 e. The number of alkyl halides is 3. The molecule has 1 amide bonds. The molecule has 1 N–H and O–H groups in total. The summed E-state index contributed by atoms with van der Waals surface area (Å²) in [5, 5.41) is 2.62. The van der Waals surface area contributed by atoms with E-state index in [-0.39, 0.29) is 41.3 Å². The molecule has 0 fully saturated rings. The molecule has 52 heavy (non-hydrogen) atoms. The van der Waals surface area contributed by atoms with Crippen molar-refractivity contribution in [2.24, 2.45) is 0 Å². The van der Waals surface area contributed by atoms with Crippen molar-refractivity contribution in [3.05, 3.63) is 119 Å². The summed E-state index contributed by atoms with van der Waals surface area (Å²) in [5.41, 5.74) is -1.76. The summed E-state index contributed by atoms with van der Waals surface area (Å²) >= 11 is 0. The second-order valence-corrected chi connectivity index (χ2v) is 11.0. The average molecular weight is 722 g/mol. The Morgan fingerprint density at radius 2 is 1.33 bits per heavy atom. The Balaban J connectivity index is 1.58. The molecule has 11 nitrogen and oxygen atoms in total. The van der Waals surface area contributed by atoms with Crippen molar-refractivity contribution in [2.75, 3.05) is 32.2 Å². The van der Waals surface area contributed by atoms with Crippen molar-refractivity contribution >= 4 is 35.7 Å². The van der Waals surface area contributed by atoms with Gasteiger partial charge in [0.25, 0.3) is 5.91 Å². The minimum atomic E-state index is -4.54. The Hall–Kier alpha value is -6.18. The van der Waals surface area contributed by atoms with Crippen LogP contribution in [0.25, 0.3) is 11.1 Å². The highest BCUT2D eigenvalue weighted by Crippen LogP contribution is 2.34. The summed E-state index contributed by atoms with van der Waals surface area (Å²) in [6.07, 6.45) is -6.11. The van der Waals surface area contributed by atoms with E-state index >= 15 is 0 Å². The van der Waals surface area contributed by atoms with E-state index in [0.29, 0.717) is 11.1 Å². The fourth-order valence-electron chi connectivity index (χ4n) is 5.12. The molecule has 0 aliphatic heterocycles. The van der Waals surface area contributed by atoms with E-state index in [1.54, 1.807) is 50.2 Å². The van der Waals surface area contributed by atoms with Crippen LogP contribution in [0.15, 0.2) is 97.1 Å². The number of methoxy groups -OCH3 is 1. The van der Waals surface area contributed by atoms with Crippen LogP contribution in [-0.4, -0.2) is 56.9 Å². The van der Waals surface area contributed by atoms with Gasteiger partial charge in [0.15, 0.2) is 5.75 Å². The summed E-state index contributed by atoms with van der Waals surface area (Å²) in [5.74, 6) is -3.72. The molecule has 0 spiro atoms. The van der Waals surface area contributed by atoms with Crippen molar-refractivity contribution in [1.29, 1.82) is 0 Å². The lowest BCUT2D eigenvalue weighted by molar-refractivity contribution is -0.170. The Morgan fingerprint density at radius 1 is 0.712 bits per heavy atom. The average Bonchev–Trinajstić information content (AvgIpc) is 3.13. The second-order valence-electron chi connectivity index (χ2n) is 11.0. The van der Waals surface area contributed by atoms with Crippen LogP contribution in [0.1, 0.15) is 40.9 Å². The third-order valence-electron chi connectivity index (χ3n) is 7.66. The van der Waals surface area contributed by atoms with E-state index in [1.807, 2.05) is 0 Å². The molecule has 0 radical (unpaired) electrons. The zero-order chi connectivity index (χ0) is 37.9. The number of rotatable bonds is 13. The highest BCUT2D eigenvalue weighted by molar-refractivity contribution is 6.09. The summed E-state index contributed by atoms with van der Waals surface area (Å²) in [6, 6.07) is 22.5. The molecular formula is C38H34F3NO10. The second kappa shape index (κ2) is 17.2. The molecule has 14 heteroatoms. The van der Waals surface area contributed by atoms with Crippen LogP contribution in [0.4, 0.5) is 23.7 Å². The number of amides is 1. The lowest BCUT2D eigenvalue weighted by Crippen LogP contribution is -2.50. The number of carbonyl (C=O) groups excluding carboxylic acids is 5. The molecule has 0 saturated carbocycles. The van der Waals surface area contributed by atoms with Crippen molar-refractivity contribution in [1.82, 2.24) is 0 Å². The molecule has 0 aliphatic carbocycles. The van der Waals surface area contributed by atoms with Crippen molar-refractivity contribution in [3.63, 3.8) is 0 Å². The van der Waals surface area contributed by atoms with E-state index in [1.165, 1.54) is 48.5 Å².